The number of ether oxygens (including phenoxy) is 1. The summed E-state index contributed by atoms with van der Waals surface area (Å²) in [6, 6.07) is 22.0. The largest absolute Gasteiger partial charge is 0.497 e. The van der Waals surface area contributed by atoms with Gasteiger partial charge in [-0.05, 0) is 42.0 Å². The van der Waals surface area contributed by atoms with Crippen LogP contribution < -0.4 is 15.0 Å². The van der Waals surface area contributed by atoms with Crippen LogP contribution in [0.3, 0.4) is 0 Å². The Hall–Kier alpha value is -4.53. The number of nitrogens with zero attached hydrogens (tertiary/aromatic N) is 5. The van der Waals surface area contributed by atoms with Crippen LogP contribution in [0.25, 0.3) is 0 Å². The molecule has 2 aromatic heterocycles. The lowest BCUT2D eigenvalue weighted by Crippen LogP contribution is -2.21. The molecule has 9 nitrogen and oxygen atoms in total. The Morgan fingerprint density at radius 1 is 0.969 bits per heavy atom. The number of aromatic nitrogens is 3. The van der Waals surface area contributed by atoms with Crippen molar-refractivity contribution in [1.29, 1.82) is 0 Å². The highest BCUT2D eigenvalue weighted by atomic mass is 16.6. The molecule has 0 aliphatic rings. The quantitative estimate of drug-likeness (QED) is 0.313. The highest BCUT2D eigenvalue weighted by Crippen LogP contribution is 2.37. The van der Waals surface area contributed by atoms with Crippen molar-refractivity contribution in [2.24, 2.45) is 0 Å². The normalized spacial score (nSPS) is 10.4. The molecular formula is C23H20N6O3. The van der Waals surface area contributed by atoms with Crippen molar-refractivity contribution in [2.75, 3.05) is 17.3 Å². The Bertz CT molecular complexity index is 1190. The Balaban J connectivity index is 1.78. The Kier molecular flexibility index (Phi) is 6.17. The van der Waals surface area contributed by atoms with Gasteiger partial charge in [0.05, 0.1) is 18.6 Å². The van der Waals surface area contributed by atoms with E-state index in [9.17, 15) is 10.1 Å². The summed E-state index contributed by atoms with van der Waals surface area (Å²) in [5.74, 6) is 1.44. The van der Waals surface area contributed by atoms with Gasteiger partial charge in [-0.1, -0.05) is 36.4 Å². The number of anilines is 4. The molecule has 0 bridgehead atoms. The molecule has 0 saturated heterocycles. The van der Waals surface area contributed by atoms with Gasteiger partial charge >= 0.3 is 5.69 Å². The van der Waals surface area contributed by atoms with Crippen LogP contribution in [0.1, 0.15) is 5.56 Å². The van der Waals surface area contributed by atoms with E-state index in [0.29, 0.717) is 23.8 Å². The van der Waals surface area contributed by atoms with Gasteiger partial charge in [0.25, 0.3) is 0 Å². The van der Waals surface area contributed by atoms with Crippen LogP contribution >= 0.6 is 0 Å². The number of benzene rings is 2. The lowest BCUT2D eigenvalue weighted by atomic mass is 10.2. The maximum absolute atomic E-state index is 12.1. The molecule has 0 amide bonds. The number of nitrogens with one attached hydrogen (secondary N) is 1. The maximum Gasteiger partial charge on any atom is 0.354 e. The zero-order valence-electron chi connectivity index (χ0n) is 17.3. The van der Waals surface area contributed by atoms with Crippen molar-refractivity contribution < 1.29 is 9.66 Å². The smallest absolute Gasteiger partial charge is 0.354 e. The standard InChI is InChI=1S/C23H20N6O3/c1-32-19-12-10-18(11-13-19)27-22-21(29(30)31)23(26-16-25-22)28(20-9-5-6-14-24-20)15-17-7-3-2-4-8-17/h2-14,16H,15H2,1H3,(H,25,26,27). The van der Waals surface area contributed by atoms with E-state index in [1.165, 1.54) is 6.33 Å². The summed E-state index contributed by atoms with van der Waals surface area (Å²) in [6.45, 7) is 0.345. The van der Waals surface area contributed by atoms with Gasteiger partial charge in [-0.25, -0.2) is 15.0 Å². The highest BCUT2D eigenvalue weighted by molar-refractivity contribution is 5.77. The van der Waals surface area contributed by atoms with Gasteiger partial charge in [0.1, 0.15) is 17.9 Å². The van der Waals surface area contributed by atoms with E-state index in [4.69, 9.17) is 4.74 Å². The van der Waals surface area contributed by atoms with Crippen LogP contribution in [0.4, 0.5) is 28.8 Å². The first kappa shape index (κ1) is 20.7. The van der Waals surface area contributed by atoms with Crippen molar-refractivity contribution in [2.45, 2.75) is 6.54 Å². The van der Waals surface area contributed by atoms with Crippen LogP contribution in [0.15, 0.2) is 85.3 Å². The molecule has 0 aliphatic heterocycles. The van der Waals surface area contributed by atoms with E-state index in [2.05, 4.69) is 20.3 Å². The molecule has 4 aromatic rings. The van der Waals surface area contributed by atoms with Gasteiger partial charge in [0.2, 0.25) is 11.6 Å². The Morgan fingerprint density at radius 3 is 2.38 bits per heavy atom. The van der Waals surface area contributed by atoms with E-state index in [1.807, 2.05) is 36.4 Å². The predicted octanol–water partition coefficient (Wildman–Crippen LogP) is 4.87. The molecule has 0 unspecified atom stereocenters. The summed E-state index contributed by atoms with van der Waals surface area (Å²) in [4.78, 5) is 26.2. The van der Waals surface area contributed by atoms with E-state index in [0.717, 1.165) is 5.56 Å². The summed E-state index contributed by atoms with van der Waals surface area (Å²) in [6.07, 6.45) is 2.94. The fourth-order valence-electron chi connectivity index (χ4n) is 3.18. The van der Waals surface area contributed by atoms with Gasteiger partial charge in [0, 0.05) is 11.9 Å². The molecule has 32 heavy (non-hydrogen) atoms. The van der Waals surface area contributed by atoms with Gasteiger partial charge in [-0.15, -0.1) is 0 Å². The topological polar surface area (TPSA) is 106 Å². The number of rotatable bonds is 8. The molecule has 1 N–H and O–H groups in total. The molecule has 0 aliphatic carbocycles. The first-order chi connectivity index (χ1) is 15.7. The zero-order valence-corrected chi connectivity index (χ0v) is 17.3. The summed E-state index contributed by atoms with van der Waals surface area (Å²) in [5, 5.41) is 15.2. The van der Waals surface area contributed by atoms with Crippen molar-refractivity contribution in [3.05, 3.63) is 101 Å². The van der Waals surface area contributed by atoms with Crippen molar-refractivity contribution in [3.8, 4) is 5.75 Å². The highest BCUT2D eigenvalue weighted by Gasteiger charge is 2.28. The Morgan fingerprint density at radius 2 is 1.72 bits per heavy atom. The molecule has 2 aromatic carbocycles. The van der Waals surface area contributed by atoms with Crippen LogP contribution in [-0.2, 0) is 6.54 Å². The number of pyridine rings is 1. The summed E-state index contributed by atoms with van der Waals surface area (Å²) < 4.78 is 5.16. The van der Waals surface area contributed by atoms with E-state index in [-0.39, 0.29) is 17.3 Å². The molecule has 160 valence electrons. The fourth-order valence-corrected chi connectivity index (χ4v) is 3.18. The van der Waals surface area contributed by atoms with Gasteiger partial charge < -0.3 is 15.0 Å². The SMILES string of the molecule is COc1ccc(Nc2ncnc(N(Cc3ccccc3)c3ccccn3)c2[N+](=O)[O-])cc1. The molecule has 0 radical (unpaired) electrons. The molecular weight excluding hydrogens is 408 g/mol. The number of methoxy groups -OCH3 is 1. The van der Waals surface area contributed by atoms with E-state index < -0.39 is 4.92 Å². The molecule has 0 fully saturated rings. The monoisotopic (exact) mass is 428 g/mol. The molecule has 0 saturated carbocycles. The van der Waals surface area contributed by atoms with E-state index >= 15 is 0 Å². The molecule has 9 heteroatoms. The fraction of sp³-hybridized carbons (Fsp3) is 0.0870. The molecule has 0 atom stereocenters. The van der Waals surface area contributed by atoms with Crippen LogP contribution in [0, 0.1) is 10.1 Å². The second-order valence-electron chi connectivity index (χ2n) is 6.76. The minimum atomic E-state index is -0.484. The predicted molar refractivity (Wildman–Crippen MR) is 121 cm³/mol. The molecule has 2 heterocycles. The van der Waals surface area contributed by atoms with Crippen molar-refractivity contribution >= 4 is 28.8 Å². The second-order valence-corrected chi connectivity index (χ2v) is 6.76. The first-order valence-corrected chi connectivity index (χ1v) is 9.78. The van der Waals surface area contributed by atoms with E-state index in [1.54, 1.807) is 54.6 Å². The summed E-state index contributed by atoms with van der Waals surface area (Å²) >= 11 is 0. The third kappa shape index (κ3) is 4.62. The Labute approximate surface area is 184 Å². The average molecular weight is 428 g/mol. The van der Waals surface area contributed by atoms with Gasteiger partial charge in [0.15, 0.2) is 0 Å². The lowest BCUT2D eigenvalue weighted by Gasteiger charge is -2.23. The summed E-state index contributed by atoms with van der Waals surface area (Å²) in [5.41, 5.74) is 1.34. The lowest BCUT2D eigenvalue weighted by molar-refractivity contribution is -0.383. The average Bonchev–Trinajstić information content (AvgIpc) is 2.84. The van der Waals surface area contributed by atoms with Crippen LogP contribution in [-0.4, -0.2) is 27.0 Å². The molecule has 0 spiro atoms. The second kappa shape index (κ2) is 9.52. The maximum atomic E-state index is 12.1. The number of hydrogen-bond acceptors (Lipinski definition) is 8. The summed E-state index contributed by atoms with van der Waals surface area (Å²) in [7, 11) is 1.57. The third-order valence-corrected chi connectivity index (χ3v) is 4.70. The third-order valence-electron chi connectivity index (χ3n) is 4.70. The van der Waals surface area contributed by atoms with Crippen LogP contribution in [0.2, 0.25) is 0 Å². The van der Waals surface area contributed by atoms with Crippen molar-refractivity contribution in [3.63, 3.8) is 0 Å². The van der Waals surface area contributed by atoms with Gasteiger partial charge in [-0.3, -0.25) is 10.1 Å². The zero-order chi connectivity index (χ0) is 22.3. The van der Waals surface area contributed by atoms with Crippen molar-refractivity contribution in [1.82, 2.24) is 15.0 Å². The minimum Gasteiger partial charge on any atom is -0.497 e. The van der Waals surface area contributed by atoms with Gasteiger partial charge in [-0.2, -0.15) is 0 Å². The number of hydrogen-bond donors (Lipinski definition) is 1. The molecule has 4 rings (SSSR count). The number of nitro groups is 1. The first-order valence-electron chi connectivity index (χ1n) is 9.78. The van der Waals surface area contributed by atoms with Crippen LogP contribution in [0.5, 0.6) is 5.75 Å². The minimum absolute atomic E-state index is 0.0826.